The molecule has 0 rings (SSSR count). The van der Waals surface area contributed by atoms with Gasteiger partial charge in [-0.1, -0.05) is 0 Å². The van der Waals surface area contributed by atoms with Crippen molar-refractivity contribution in [1.82, 2.24) is 0 Å². The molecule has 0 bridgehead atoms. The molecule has 0 radical (unpaired) electrons. The molecule has 1 heteroatoms. The predicted molar refractivity (Wildman–Crippen MR) is 34.8 cm³/mol. The second-order valence-electron chi connectivity index (χ2n) is 3.66. The van der Waals surface area contributed by atoms with E-state index in [1.54, 1.807) is 5.02 Å². The summed E-state index contributed by atoms with van der Waals surface area (Å²) in [6.07, 6.45) is 1.41. The van der Waals surface area contributed by atoms with Crippen LogP contribution in [0.25, 0.3) is 0 Å². The Morgan fingerprint density at radius 3 is 1.88 bits per heavy atom. The van der Waals surface area contributed by atoms with Gasteiger partial charge in [-0.2, -0.15) is 0 Å². The zero-order valence-corrected chi connectivity index (χ0v) is 9.59. The van der Waals surface area contributed by atoms with Crippen LogP contribution in [0, 0.1) is 0 Å². The predicted octanol–water partition coefficient (Wildman–Crippen LogP) is 3.12. The van der Waals surface area contributed by atoms with Crippen molar-refractivity contribution in [2.45, 2.75) is 43.1 Å². The van der Waals surface area contributed by atoms with Crippen molar-refractivity contribution >= 4 is 0 Å². The van der Waals surface area contributed by atoms with Crippen LogP contribution in [0.5, 0.6) is 0 Å². The minimum absolute atomic E-state index is 0.141. The number of rotatable bonds is 2. The van der Waals surface area contributed by atoms with E-state index in [4.69, 9.17) is 0 Å². The van der Waals surface area contributed by atoms with Crippen LogP contribution in [0.3, 0.4) is 0 Å². The van der Waals surface area contributed by atoms with Gasteiger partial charge in [0.2, 0.25) is 0 Å². The van der Waals surface area contributed by atoms with Crippen LogP contribution in [0.2, 0.25) is 9.02 Å². The summed E-state index contributed by atoms with van der Waals surface area (Å²) in [5, 5.41) is 1.57. The van der Waals surface area contributed by atoms with Crippen LogP contribution in [0.1, 0.15) is 34.1 Å². The molecule has 8 heavy (non-hydrogen) atoms. The average Bonchev–Trinajstić information content (AvgIpc) is 1.59. The minimum atomic E-state index is -0.141. The summed E-state index contributed by atoms with van der Waals surface area (Å²) in [6, 6.07) is 0. The Hall–Kier alpha value is 0.623. The Morgan fingerprint density at radius 2 is 1.75 bits per heavy atom. The molecule has 0 saturated heterocycles. The third-order valence-electron chi connectivity index (χ3n) is 1.28. The first kappa shape index (κ1) is 8.62. The summed E-state index contributed by atoms with van der Waals surface area (Å²) in [5.41, 5.74) is 0. The van der Waals surface area contributed by atoms with Gasteiger partial charge in [-0.15, -0.1) is 0 Å². The molecule has 0 aromatic carbocycles. The fourth-order valence-corrected chi connectivity index (χ4v) is 3.67. The van der Waals surface area contributed by atoms with Crippen LogP contribution in [-0.4, -0.2) is 0 Å². The van der Waals surface area contributed by atoms with Gasteiger partial charge < -0.3 is 0 Å². The van der Waals surface area contributed by atoms with E-state index in [1.807, 2.05) is 0 Å². The van der Waals surface area contributed by atoms with Crippen molar-refractivity contribution in [2.75, 3.05) is 0 Å². The van der Waals surface area contributed by atoms with Crippen molar-refractivity contribution in [3.8, 4) is 0 Å². The summed E-state index contributed by atoms with van der Waals surface area (Å²) in [4.78, 5) is 0. The molecule has 0 atom stereocenters. The van der Waals surface area contributed by atoms with E-state index < -0.39 is 0 Å². The molecule has 0 heterocycles. The standard InChI is InChI=1S/C4H9.C3H7.Zn/c1-4(2)3;1-3-2;/h1-3H3;1,3H2,2H3;. The fourth-order valence-electron chi connectivity index (χ4n) is 0.707. The van der Waals surface area contributed by atoms with Crippen LogP contribution >= 0.6 is 0 Å². The van der Waals surface area contributed by atoms with E-state index in [-0.39, 0.29) is 17.1 Å². The van der Waals surface area contributed by atoms with Crippen molar-refractivity contribution in [2.24, 2.45) is 0 Å². The van der Waals surface area contributed by atoms with Gasteiger partial charge in [0.25, 0.3) is 0 Å². The maximum atomic E-state index is 2.38. The van der Waals surface area contributed by atoms with Crippen LogP contribution in [0.4, 0.5) is 0 Å². The van der Waals surface area contributed by atoms with E-state index in [2.05, 4.69) is 27.7 Å². The van der Waals surface area contributed by atoms with E-state index in [0.717, 1.165) is 4.01 Å². The van der Waals surface area contributed by atoms with Gasteiger partial charge in [0, 0.05) is 0 Å². The molecule has 46 valence electrons. The summed E-state index contributed by atoms with van der Waals surface area (Å²) in [5.74, 6) is 0. The molecule has 0 aliphatic heterocycles. The molecule has 0 nitrogen and oxygen atoms in total. The average molecular weight is 166 g/mol. The van der Waals surface area contributed by atoms with Gasteiger partial charge >= 0.3 is 60.3 Å². The topological polar surface area (TPSA) is 0 Å². The first-order valence-corrected chi connectivity index (χ1v) is 7.14. The fraction of sp³-hybridized carbons (Fsp3) is 1.00. The SMILES string of the molecule is CC[CH2][Zn][C](C)(C)C. The maximum absolute atomic E-state index is 2.38. The molecule has 0 N–H and O–H groups in total. The van der Waals surface area contributed by atoms with Gasteiger partial charge in [0.1, 0.15) is 0 Å². The molecule has 0 aromatic heterocycles. The summed E-state index contributed by atoms with van der Waals surface area (Å²) in [7, 11) is 0. The summed E-state index contributed by atoms with van der Waals surface area (Å²) >= 11 is -0.141. The number of hydrogen-bond donors (Lipinski definition) is 0. The van der Waals surface area contributed by atoms with E-state index >= 15 is 0 Å². The Bertz CT molecular complexity index is 51.9. The Kier molecular flexibility index (Phi) is 3.89. The van der Waals surface area contributed by atoms with Crippen molar-refractivity contribution in [3.05, 3.63) is 0 Å². The molecule has 0 saturated carbocycles. The molecule has 0 aromatic rings. The third-order valence-corrected chi connectivity index (χ3v) is 6.65. The molecule has 0 aliphatic carbocycles. The molecule has 0 spiro atoms. The number of hydrogen-bond acceptors (Lipinski definition) is 0. The normalized spacial score (nSPS) is 11.0. The van der Waals surface area contributed by atoms with Crippen LogP contribution < -0.4 is 0 Å². The van der Waals surface area contributed by atoms with E-state index in [9.17, 15) is 0 Å². The summed E-state index contributed by atoms with van der Waals surface area (Å²) in [6.45, 7) is 9.42. The van der Waals surface area contributed by atoms with Gasteiger partial charge in [0.15, 0.2) is 0 Å². The zero-order chi connectivity index (χ0) is 6.62. The van der Waals surface area contributed by atoms with Crippen molar-refractivity contribution in [1.29, 1.82) is 0 Å². The van der Waals surface area contributed by atoms with Gasteiger partial charge in [-0.25, -0.2) is 0 Å². The van der Waals surface area contributed by atoms with E-state index in [1.165, 1.54) is 6.42 Å². The van der Waals surface area contributed by atoms with Gasteiger partial charge in [-0.3, -0.25) is 0 Å². The molecule has 0 unspecified atom stereocenters. The van der Waals surface area contributed by atoms with Gasteiger partial charge in [-0.05, 0) is 0 Å². The van der Waals surface area contributed by atoms with E-state index in [0.29, 0.717) is 0 Å². The molecular formula is C7H16Zn. The first-order valence-electron chi connectivity index (χ1n) is 3.56. The Balaban J connectivity index is 3.11. The third kappa shape index (κ3) is 6.62. The zero-order valence-electron chi connectivity index (χ0n) is 6.62. The molecule has 0 amide bonds. The van der Waals surface area contributed by atoms with Crippen LogP contribution in [-0.2, 0) is 17.1 Å². The quantitative estimate of drug-likeness (QED) is 0.552. The molecule has 0 fully saturated rings. The van der Waals surface area contributed by atoms with Crippen molar-refractivity contribution in [3.63, 3.8) is 0 Å². The molecular weight excluding hydrogens is 149 g/mol. The first-order chi connectivity index (χ1) is 3.56. The Morgan fingerprint density at radius 1 is 1.25 bits per heavy atom. The van der Waals surface area contributed by atoms with Crippen LogP contribution in [0.15, 0.2) is 0 Å². The van der Waals surface area contributed by atoms with Gasteiger partial charge in [0.05, 0.1) is 0 Å². The monoisotopic (exact) mass is 164 g/mol. The summed E-state index contributed by atoms with van der Waals surface area (Å²) < 4.78 is 0.739. The Labute approximate surface area is 60.6 Å². The van der Waals surface area contributed by atoms with Crippen molar-refractivity contribution < 1.29 is 17.1 Å². The second-order valence-corrected chi connectivity index (χ2v) is 10.6. The second kappa shape index (κ2) is 3.61. The molecule has 0 aliphatic rings.